The topological polar surface area (TPSA) is 120 Å². The molecule has 0 atom stereocenters. The van der Waals surface area contributed by atoms with Crippen LogP contribution in [-0.4, -0.2) is 24.5 Å². The van der Waals surface area contributed by atoms with Crippen LogP contribution in [0.1, 0.15) is 16.1 Å². The molecule has 0 amide bonds. The standard InChI is InChI=1S/C11H6FN3O4S2/c12-7-2-1-3-8(6(7)4-13)15-21(18,19)11-9(10(16)17)14-5-20-11/h1-3,5,15H,(H,16,17). The molecule has 0 radical (unpaired) electrons. The number of aromatic nitrogens is 1. The van der Waals surface area contributed by atoms with E-state index in [0.717, 1.165) is 11.6 Å². The van der Waals surface area contributed by atoms with E-state index in [4.69, 9.17) is 10.4 Å². The van der Waals surface area contributed by atoms with Crippen molar-refractivity contribution >= 4 is 33.0 Å². The molecule has 0 fully saturated rings. The lowest BCUT2D eigenvalue weighted by molar-refractivity contribution is 0.0687. The summed E-state index contributed by atoms with van der Waals surface area (Å²) in [6.07, 6.45) is 0. The third kappa shape index (κ3) is 2.83. The van der Waals surface area contributed by atoms with E-state index in [2.05, 4.69) is 4.98 Å². The van der Waals surface area contributed by atoms with Gasteiger partial charge in [0.2, 0.25) is 0 Å². The van der Waals surface area contributed by atoms with Gasteiger partial charge in [0.05, 0.1) is 11.2 Å². The number of sulfonamides is 1. The fourth-order valence-electron chi connectivity index (χ4n) is 1.48. The Morgan fingerprint density at radius 3 is 2.81 bits per heavy atom. The molecule has 0 bridgehead atoms. The lowest BCUT2D eigenvalue weighted by atomic mass is 10.2. The van der Waals surface area contributed by atoms with Crippen molar-refractivity contribution in [3.8, 4) is 6.07 Å². The van der Waals surface area contributed by atoms with E-state index in [1.165, 1.54) is 18.2 Å². The summed E-state index contributed by atoms with van der Waals surface area (Å²) in [6.45, 7) is 0. The van der Waals surface area contributed by atoms with Crippen molar-refractivity contribution in [2.24, 2.45) is 0 Å². The Balaban J connectivity index is 2.49. The van der Waals surface area contributed by atoms with E-state index in [-0.39, 0.29) is 5.69 Å². The summed E-state index contributed by atoms with van der Waals surface area (Å²) in [4.78, 5) is 14.3. The van der Waals surface area contributed by atoms with Gasteiger partial charge < -0.3 is 5.11 Å². The van der Waals surface area contributed by atoms with Crippen LogP contribution in [-0.2, 0) is 10.0 Å². The van der Waals surface area contributed by atoms with Gasteiger partial charge in [0, 0.05) is 0 Å². The van der Waals surface area contributed by atoms with Crippen molar-refractivity contribution < 1.29 is 22.7 Å². The highest BCUT2D eigenvalue weighted by atomic mass is 32.2. The van der Waals surface area contributed by atoms with Crippen LogP contribution in [0.4, 0.5) is 10.1 Å². The van der Waals surface area contributed by atoms with Gasteiger partial charge in [0.25, 0.3) is 10.0 Å². The third-order valence-electron chi connectivity index (χ3n) is 2.35. The number of aromatic carboxylic acids is 1. The number of rotatable bonds is 4. The van der Waals surface area contributed by atoms with E-state index in [9.17, 15) is 17.6 Å². The van der Waals surface area contributed by atoms with E-state index >= 15 is 0 Å². The van der Waals surface area contributed by atoms with Crippen LogP contribution in [0.2, 0.25) is 0 Å². The first kappa shape index (κ1) is 14.9. The zero-order chi connectivity index (χ0) is 15.6. The first-order chi connectivity index (χ1) is 9.86. The highest BCUT2D eigenvalue weighted by Crippen LogP contribution is 2.25. The number of hydrogen-bond donors (Lipinski definition) is 2. The summed E-state index contributed by atoms with van der Waals surface area (Å²) in [5.41, 5.74) is -0.332. The first-order valence-electron chi connectivity index (χ1n) is 5.25. The number of thiazole rings is 1. The van der Waals surface area contributed by atoms with Gasteiger partial charge in [0.15, 0.2) is 9.90 Å². The minimum atomic E-state index is -4.29. The number of anilines is 1. The van der Waals surface area contributed by atoms with Gasteiger partial charge in [-0.2, -0.15) is 5.26 Å². The predicted octanol–water partition coefficient (Wildman–Crippen LogP) is 1.65. The number of halogens is 1. The lowest BCUT2D eigenvalue weighted by Gasteiger charge is -2.08. The molecule has 21 heavy (non-hydrogen) atoms. The Kier molecular flexibility index (Phi) is 3.88. The SMILES string of the molecule is N#Cc1c(F)cccc1NS(=O)(=O)c1scnc1C(=O)O. The maximum Gasteiger partial charge on any atom is 0.356 e. The Labute approximate surface area is 122 Å². The first-order valence-corrected chi connectivity index (χ1v) is 7.61. The Hall–Kier alpha value is -2.51. The molecule has 2 rings (SSSR count). The number of carboxylic acid groups (broad SMARTS) is 1. The molecule has 0 saturated heterocycles. The molecule has 0 spiro atoms. The second kappa shape index (κ2) is 5.47. The monoisotopic (exact) mass is 327 g/mol. The summed E-state index contributed by atoms with van der Waals surface area (Å²) in [6, 6.07) is 4.96. The Bertz CT molecular complexity index is 855. The van der Waals surface area contributed by atoms with Gasteiger partial charge in [-0.3, -0.25) is 4.72 Å². The molecular formula is C11H6FN3O4S2. The Morgan fingerprint density at radius 1 is 1.48 bits per heavy atom. The van der Waals surface area contributed by atoms with E-state index in [1.54, 1.807) is 0 Å². The van der Waals surface area contributed by atoms with Crippen LogP contribution in [0.25, 0.3) is 0 Å². The van der Waals surface area contributed by atoms with Gasteiger partial charge in [-0.25, -0.2) is 22.6 Å². The number of benzene rings is 1. The van der Waals surface area contributed by atoms with Crippen LogP contribution in [0.3, 0.4) is 0 Å². The Morgan fingerprint density at radius 2 is 2.19 bits per heavy atom. The van der Waals surface area contributed by atoms with Crippen LogP contribution >= 0.6 is 11.3 Å². The normalized spacial score (nSPS) is 10.9. The summed E-state index contributed by atoms with van der Waals surface area (Å²) in [7, 11) is -4.29. The fraction of sp³-hybridized carbons (Fsp3) is 0. The largest absolute Gasteiger partial charge is 0.476 e. The number of nitriles is 1. The van der Waals surface area contributed by atoms with Crippen LogP contribution in [0, 0.1) is 17.1 Å². The summed E-state index contributed by atoms with van der Waals surface area (Å²) in [5.74, 6) is -2.39. The molecule has 0 saturated carbocycles. The highest BCUT2D eigenvalue weighted by molar-refractivity contribution is 7.94. The molecular weight excluding hydrogens is 321 g/mol. The maximum absolute atomic E-state index is 13.4. The summed E-state index contributed by atoms with van der Waals surface area (Å²) < 4.78 is 39.1. The second-order valence-corrected chi connectivity index (χ2v) is 6.41. The molecule has 2 N–H and O–H groups in total. The van der Waals surface area contributed by atoms with Crippen LogP contribution in [0.5, 0.6) is 0 Å². The highest BCUT2D eigenvalue weighted by Gasteiger charge is 2.26. The molecule has 7 nitrogen and oxygen atoms in total. The zero-order valence-corrected chi connectivity index (χ0v) is 11.7. The van der Waals surface area contributed by atoms with E-state index in [1.807, 2.05) is 4.72 Å². The van der Waals surface area contributed by atoms with Gasteiger partial charge in [0.1, 0.15) is 17.4 Å². The van der Waals surface area contributed by atoms with Crippen molar-refractivity contribution in [1.29, 1.82) is 5.26 Å². The zero-order valence-electron chi connectivity index (χ0n) is 10.1. The number of carbonyl (C=O) groups is 1. The van der Waals surface area contributed by atoms with E-state index in [0.29, 0.717) is 11.3 Å². The third-order valence-corrected chi connectivity index (χ3v) is 5.09. The second-order valence-electron chi connectivity index (χ2n) is 3.67. The number of hydrogen-bond acceptors (Lipinski definition) is 6. The molecule has 10 heteroatoms. The molecule has 1 aromatic heterocycles. The molecule has 0 aliphatic carbocycles. The molecule has 1 aromatic carbocycles. The van der Waals surface area contributed by atoms with Gasteiger partial charge in [-0.05, 0) is 12.1 Å². The average Bonchev–Trinajstić information content (AvgIpc) is 2.88. The minimum Gasteiger partial charge on any atom is -0.476 e. The smallest absolute Gasteiger partial charge is 0.356 e. The van der Waals surface area contributed by atoms with E-state index < -0.39 is 37.3 Å². The van der Waals surface area contributed by atoms with Crippen molar-refractivity contribution in [1.82, 2.24) is 4.98 Å². The quantitative estimate of drug-likeness (QED) is 0.881. The van der Waals surface area contributed by atoms with Crippen molar-refractivity contribution in [3.63, 3.8) is 0 Å². The molecule has 108 valence electrons. The minimum absolute atomic E-state index is 0.276. The fourth-order valence-corrected chi connectivity index (χ4v) is 3.70. The van der Waals surface area contributed by atoms with Crippen molar-refractivity contribution in [2.45, 2.75) is 4.21 Å². The van der Waals surface area contributed by atoms with Crippen molar-refractivity contribution in [2.75, 3.05) is 4.72 Å². The molecule has 0 aliphatic heterocycles. The maximum atomic E-state index is 13.4. The lowest BCUT2D eigenvalue weighted by Crippen LogP contribution is -2.16. The van der Waals surface area contributed by atoms with Crippen molar-refractivity contribution in [3.05, 3.63) is 40.8 Å². The van der Waals surface area contributed by atoms with Gasteiger partial charge in [-0.1, -0.05) is 6.07 Å². The van der Waals surface area contributed by atoms with Gasteiger partial charge >= 0.3 is 5.97 Å². The number of nitrogens with one attached hydrogen (secondary N) is 1. The van der Waals surface area contributed by atoms with Crippen LogP contribution < -0.4 is 4.72 Å². The van der Waals surface area contributed by atoms with Crippen LogP contribution in [0.15, 0.2) is 27.9 Å². The van der Waals surface area contributed by atoms with Gasteiger partial charge in [-0.15, -0.1) is 11.3 Å². The summed E-state index contributed by atoms with van der Waals surface area (Å²) in [5, 5.41) is 17.7. The average molecular weight is 327 g/mol. The molecule has 1 heterocycles. The number of nitrogens with zero attached hydrogens (tertiary/aromatic N) is 2. The molecule has 2 aromatic rings. The molecule has 0 aliphatic rings. The number of carboxylic acids is 1. The molecule has 0 unspecified atom stereocenters. The predicted molar refractivity (Wildman–Crippen MR) is 71.0 cm³/mol. The summed E-state index contributed by atoms with van der Waals surface area (Å²) >= 11 is 0.603.